The maximum atomic E-state index is 11.3. The molecule has 0 aromatic carbocycles. The summed E-state index contributed by atoms with van der Waals surface area (Å²) in [7, 11) is 0. The van der Waals surface area contributed by atoms with Crippen molar-refractivity contribution in [2.75, 3.05) is 13.1 Å². The first-order valence-electron chi connectivity index (χ1n) is 4.07. The third kappa shape index (κ3) is 0.972. The molecule has 1 spiro atoms. The van der Waals surface area contributed by atoms with Gasteiger partial charge >= 0.3 is 6.03 Å². The van der Waals surface area contributed by atoms with E-state index in [0.29, 0.717) is 6.54 Å². The van der Waals surface area contributed by atoms with Gasteiger partial charge in [-0.3, -0.25) is 10.1 Å². The first kappa shape index (κ1) is 7.54. The van der Waals surface area contributed by atoms with Crippen LogP contribution in [0.3, 0.4) is 0 Å². The molecule has 0 bridgehead atoms. The standard InChI is InChI=1S/C7H11N3O2/c11-5-7(10-6(12)9-5)2-1-3-8-4-7/h8H,1-4H2,(H2,9,10,11,12)/t7-/m0/s1. The predicted molar refractivity (Wildman–Crippen MR) is 41.5 cm³/mol. The van der Waals surface area contributed by atoms with Gasteiger partial charge in [0.25, 0.3) is 5.91 Å². The van der Waals surface area contributed by atoms with Crippen LogP contribution in [0.2, 0.25) is 0 Å². The van der Waals surface area contributed by atoms with Crippen LogP contribution in [-0.4, -0.2) is 30.6 Å². The van der Waals surface area contributed by atoms with E-state index in [9.17, 15) is 9.59 Å². The predicted octanol–water partition coefficient (Wildman–Crippen LogP) is -1.05. The van der Waals surface area contributed by atoms with Crippen LogP contribution in [0.15, 0.2) is 0 Å². The van der Waals surface area contributed by atoms with E-state index in [1.54, 1.807) is 0 Å². The third-order valence-electron chi connectivity index (χ3n) is 2.40. The van der Waals surface area contributed by atoms with Crippen molar-refractivity contribution < 1.29 is 9.59 Å². The molecule has 3 N–H and O–H groups in total. The number of nitrogens with one attached hydrogen (secondary N) is 3. The molecule has 0 aromatic rings. The zero-order valence-corrected chi connectivity index (χ0v) is 6.64. The first-order chi connectivity index (χ1) is 5.73. The van der Waals surface area contributed by atoms with Crippen LogP contribution in [0.5, 0.6) is 0 Å². The van der Waals surface area contributed by atoms with E-state index in [1.165, 1.54) is 0 Å². The molecule has 0 aromatic heterocycles. The average molecular weight is 169 g/mol. The van der Waals surface area contributed by atoms with Gasteiger partial charge in [-0.2, -0.15) is 0 Å². The Morgan fingerprint density at radius 1 is 1.33 bits per heavy atom. The Morgan fingerprint density at radius 2 is 2.17 bits per heavy atom. The van der Waals surface area contributed by atoms with Gasteiger partial charge in [0.2, 0.25) is 0 Å². The Balaban J connectivity index is 2.18. The molecule has 3 amide bonds. The third-order valence-corrected chi connectivity index (χ3v) is 2.40. The summed E-state index contributed by atoms with van der Waals surface area (Å²) in [6, 6.07) is -0.372. The highest BCUT2D eigenvalue weighted by Crippen LogP contribution is 2.19. The van der Waals surface area contributed by atoms with Gasteiger partial charge in [-0.1, -0.05) is 0 Å². The number of carbonyl (C=O) groups is 2. The van der Waals surface area contributed by atoms with Crippen molar-refractivity contribution in [1.82, 2.24) is 16.0 Å². The van der Waals surface area contributed by atoms with E-state index in [0.717, 1.165) is 19.4 Å². The molecule has 0 radical (unpaired) electrons. The second kappa shape index (κ2) is 2.45. The fourth-order valence-electron chi connectivity index (χ4n) is 1.73. The van der Waals surface area contributed by atoms with Crippen molar-refractivity contribution in [3.63, 3.8) is 0 Å². The van der Waals surface area contributed by atoms with Crippen LogP contribution in [-0.2, 0) is 4.79 Å². The summed E-state index contributed by atoms with van der Waals surface area (Å²) in [5.74, 6) is -0.195. The fourth-order valence-corrected chi connectivity index (χ4v) is 1.73. The maximum absolute atomic E-state index is 11.3. The van der Waals surface area contributed by atoms with Crippen molar-refractivity contribution in [2.45, 2.75) is 18.4 Å². The number of hydrogen-bond donors (Lipinski definition) is 3. The molecule has 2 aliphatic rings. The van der Waals surface area contributed by atoms with Crippen LogP contribution in [0.25, 0.3) is 0 Å². The van der Waals surface area contributed by atoms with Crippen molar-refractivity contribution in [3.05, 3.63) is 0 Å². The van der Waals surface area contributed by atoms with E-state index in [4.69, 9.17) is 0 Å². The summed E-state index contributed by atoms with van der Waals surface area (Å²) in [6.45, 7) is 1.47. The number of urea groups is 1. The number of hydrogen-bond acceptors (Lipinski definition) is 3. The van der Waals surface area contributed by atoms with Crippen LogP contribution >= 0.6 is 0 Å². The summed E-state index contributed by atoms with van der Waals surface area (Å²) in [5.41, 5.74) is -0.657. The molecule has 2 saturated heterocycles. The summed E-state index contributed by atoms with van der Waals surface area (Å²) < 4.78 is 0. The Morgan fingerprint density at radius 3 is 2.67 bits per heavy atom. The minimum absolute atomic E-state index is 0.195. The summed E-state index contributed by atoms with van der Waals surface area (Å²) in [6.07, 6.45) is 1.66. The summed E-state index contributed by atoms with van der Waals surface area (Å²) >= 11 is 0. The molecule has 5 nitrogen and oxygen atoms in total. The van der Waals surface area contributed by atoms with E-state index in [1.807, 2.05) is 0 Å². The van der Waals surface area contributed by atoms with Crippen molar-refractivity contribution in [1.29, 1.82) is 0 Å². The monoisotopic (exact) mass is 169 g/mol. The van der Waals surface area contributed by atoms with E-state index in [2.05, 4.69) is 16.0 Å². The van der Waals surface area contributed by atoms with Crippen LogP contribution in [0.4, 0.5) is 4.79 Å². The molecule has 0 saturated carbocycles. The lowest BCUT2D eigenvalue weighted by Gasteiger charge is -2.30. The van der Waals surface area contributed by atoms with Gasteiger partial charge in [-0.05, 0) is 19.4 Å². The lowest BCUT2D eigenvalue weighted by Crippen LogP contribution is -2.57. The molecule has 2 heterocycles. The van der Waals surface area contributed by atoms with Crippen LogP contribution in [0.1, 0.15) is 12.8 Å². The molecule has 1 atom stereocenters. The van der Waals surface area contributed by atoms with Gasteiger partial charge in [0.05, 0.1) is 0 Å². The van der Waals surface area contributed by atoms with Crippen molar-refractivity contribution in [2.24, 2.45) is 0 Å². The van der Waals surface area contributed by atoms with E-state index < -0.39 is 5.54 Å². The summed E-state index contributed by atoms with van der Waals surface area (Å²) in [4.78, 5) is 22.2. The first-order valence-corrected chi connectivity index (χ1v) is 4.07. The van der Waals surface area contributed by atoms with Gasteiger partial charge in [-0.15, -0.1) is 0 Å². The molecule has 12 heavy (non-hydrogen) atoms. The molecule has 0 aliphatic carbocycles. The minimum Gasteiger partial charge on any atom is -0.322 e. The molecule has 2 fully saturated rings. The van der Waals surface area contributed by atoms with Gasteiger partial charge in [0.15, 0.2) is 0 Å². The maximum Gasteiger partial charge on any atom is 0.322 e. The second-order valence-electron chi connectivity index (χ2n) is 3.27. The Kier molecular flexibility index (Phi) is 1.54. The molecule has 2 rings (SSSR count). The van der Waals surface area contributed by atoms with E-state index >= 15 is 0 Å². The van der Waals surface area contributed by atoms with Crippen molar-refractivity contribution >= 4 is 11.9 Å². The minimum atomic E-state index is -0.657. The van der Waals surface area contributed by atoms with Gasteiger partial charge < -0.3 is 10.6 Å². The number of amides is 3. The highest BCUT2D eigenvalue weighted by atomic mass is 16.2. The largest absolute Gasteiger partial charge is 0.322 e. The fraction of sp³-hybridized carbons (Fsp3) is 0.714. The molecular formula is C7H11N3O2. The van der Waals surface area contributed by atoms with Crippen LogP contribution in [0, 0.1) is 0 Å². The highest BCUT2D eigenvalue weighted by Gasteiger charge is 2.46. The summed E-state index contributed by atoms with van der Waals surface area (Å²) in [5, 5.41) is 8.00. The Labute approximate surface area is 69.9 Å². The number of carbonyl (C=O) groups excluding carboxylic acids is 2. The Hall–Kier alpha value is -1.10. The molecule has 2 aliphatic heterocycles. The van der Waals surface area contributed by atoms with Gasteiger partial charge in [-0.25, -0.2) is 4.79 Å². The lowest BCUT2D eigenvalue weighted by molar-refractivity contribution is -0.124. The molecular weight excluding hydrogens is 158 g/mol. The topological polar surface area (TPSA) is 70.2 Å². The number of piperidine rings is 1. The average Bonchev–Trinajstić information content (AvgIpc) is 2.29. The number of imide groups is 1. The SMILES string of the molecule is O=C1NC(=O)[C@@]2(CCCNC2)N1. The quantitative estimate of drug-likeness (QED) is 0.405. The molecule has 0 unspecified atom stereocenters. The normalized spacial score (nSPS) is 35.0. The molecule has 66 valence electrons. The zero-order valence-electron chi connectivity index (χ0n) is 6.64. The highest BCUT2D eigenvalue weighted by molar-refractivity contribution is 6.07. The second-order valence-corrected chi connectivity index (χ2v) is 3.27. The van der Waals surface area contributed by atoms with Gasteiger partial charge in [0, 0.05) is 6.54 Å². The lowest BCUT2D eigenvalue weighted by atomic mass is 9.91. The number of rotatable bonds is 0. The Bertz CT molecular complexity index is 233. The zero-order chi connectivity index (χ0) is 8.60. The van der Waals surface area contributed by atoms with Crippen LogP contribution < -0.4 is 16.0 Å². The van der Waals surface area contributed by atoms with Crippen molar-refractivity contribution in [3.8, 4) is 0 Å². The van der Waals surface area contributed by atoms with E-state index in [-0.39, 0.29) is 11.9 Å². The van der Waals surface area contributed by atoms with Gasteiger partial charge in [0.1, 0.15) is 5.54 Å². The smallest absolute Gasteiger partial charge is 0.322 e. The molecule has 5 heteroatoms.